The molecular weight excluding hydrogens is 288 g/mol. The van der Waals surface area contributed by atoms with Crippen molar-refractivity contribution in [2.45, 2.75) is 20.5 Å². The number of nitro benzene ring substituents is 1. The molecule has 0 N–H and O–H groups in total. The highest BCUT2D eigenvalue weighted by Crippen LogP contribution is 2.19. The molecule has 22 heavy (non-hydrogen) atoms. The maximum absolute atomic E-state index is 11.7. The number of aryl methyl sites for hydroxylation is 2. The van der Waals surface area contributed by atoms with Crippen molar-refractivity contribution in [1.82, 2.24) is 5.16 Å². The molecule has 0 saturated carbocycles. The van der Waals surface area contributed by atoms with Crippen LogP contribution in [0.4, 0.5) is 5.69 Å². The molecule has 1 heterocycles. The molecule has 1 aromatic heterocycles. The molecule has 0 saturated heterocycles. The Morgan fingerprint density at radius 1 is 1.41 bits per heavy atom. The van der Waals surface area contributed by atoms with E-state index in [2.05, 4.69) is 5.16 Å². The van der Waals surface area contributed by atoms with Crippen LogP contribution in [0.3, 0.4) is 0 Å². The summed E-state index contributed by atoms with van der Waals surface area (Å²) in [5.74, 6) is -0.00821. The van der Waals surface area contributed by atoms with Crippen molar-refractivity contribution in [3.05, 3.63) is 63.0 Å². The van der Waals surface area contributed by atoms with Crippen LogP contribution < -0.4 is 0 Å². The van der Waals surface area contributed by atoms with Gasteiger partial charge in [-0.2, -0.15) is 0 Å². The summed E-state index contributed by atoms with van der Waals surface area (Å²) in [5.41, 5.74) is 1.64. The van der Waals surface area contributed by atoms with Crippen LogP contribution in [-0.4, -0.2) is 16.0 Å². The summed E-state index contributed by atoms with van der Waals surface area (Å²) in [6.07, 6.45) is 2.51. The van der Waals surface area contributed by atoms with Gasteiger partial charge in [-0.1, -0.05) is 17.3 Å². The topological polar surface area (TPSA) is 95.5 Å². The van der Waals surface area contributed by atoms with E-state index < -0.39 is 10.9 Å². The number of rotatable bonds is 5. The van der Waals surface area contributed by atoms with Crippen molar-refractivity contribution in [1.29, 1.82) is 0 Å². The molecule has 0 aliphatic carbocycles. The molecule has 0 aliphatic heterocycles. The molecule has 114 valence electrons. The maximum Gasteiger partial charge on any atom is 0.331 e. The molecule has 2 rings (SSSR count). The fourth-order valence-electron chi connectivity index (χ4n) is 1.85. The number of carbonyl (C=O) groups excluding carboxylic acids is 1. The molecule has 0 aliphatic rings. The zero-order valence-corrected chi connectivity index (χ0v) is 12.1. The molecule has 0 fully saturated rings. The second-order valence-electron chi connectivity index (χ2n) is 4.56. The number of nitro groups is 1. The van der Waals surface area contributed by atoms with Gasteiger partial charge in [-0.05, 0) is 26.0 Å². The van der Waals surface area contributed by atoms with Gasteiger partial charge in [-0.15, -0.1) is 0 Å². The van der Waals surface area contributed by atoms with Crippen LogP contribution >= 0.6 is 0 Å². The van der Waals surface area contributed by atoms with Crippen molar-refractivity contribution in [2.24, 2.45) is 0 Å². The van der Waals surface area contributed by atoms with Gasteiger partial charge < -0.3 is 9.26 Å². The Morgan fingerprint density at radius 3 is 2.77 bits per heavy atom. The van der Waals surface area contributed by atoms with Gasteiger partial charge in [0.2, 0.25) is 0 Å². The predicted molar refractivity (Wildman–Crippen MR) is 77.9 cm³/mol. The number of benzene rings is 1. The molecule has 7 nitrogen and oxygen atoms in total. The standard InChI is InChI=1S/C15H14N2O5/c1-10-13(11(2)22-16-10)9-21-15(18)8-7-12-5-3-4-6-14(12)17(19)20/h3-8H,9H2,1-2H3. The molecule has 0 atom stereocenters. The lowest BCUT2D eigenvalue weighted by Crippen LogP contribution is -2.02. The molecule has 0 amide bonds. The van der Waals surface area contributed by atoms with Crippen LogP contribution in [0, 0.1) is 24.0 Å². The Labute approximate surface area is 126 Å². The average Bonchev–Trinajstić information content (AvgIpc) is 2.82. The second kappa shape index (κ2) is 6.66. The van der Waals surface area contributed by atoms with Gasteiger partial charge in [0, 0.05) is 12.1 Å². The zero-order chi connectivity index (χ0) is 16.1. The van der Waals surface area contributed by atoms with E-state index in [-0.39, 0.29) is 12.3 Å². The third-order valence-electron chi connectivity index (χ3n) is 3.07. The summed E-state index contributed by atoms with van der Waals surface area (Å²) in [4.78, 5) is 22.0. The Balaban J connectivity index is 2.02. The molecule has 0 bridgehead atoms. The molecule has 0 spiro atoms. The first-order valence-electron chi connectivity index (χ1n) is 6.49. The average molecular weight is 302 g/mol. The third-order valence-corrected chi connectivity index (χ3v) is 3.07. The number of ether oxygens (including phenoxy) is 1. The van der Waals surface area contributed by atoms with Gasteiger partial charge >= 0.3 is 5.97 Å². The summed E-state index contributed by atoms with van der Waals surface area (Å²) in [6.45, 7) is 3.52. The van der Waals surface area contributed by atoms with E-state index in [4.69, 9.17) is 9.26 Å². The monoisotopic (exact) mass is 302 g/mol. The number of carbonyl (C=O) groups is 1. The van der Waals surface area contributed by atoms with Crippen LogP contribution in [0.15, 0.2) is 34.9 Å². The number of esters is 1. The predicted octanol–water partition coefficient (Wildman–Crippen LogP) is 2.96. The number of hydrogen-bond acceptors (Lipinski definition) is 6. The number of nitrogens with zero attached hydrogens (tertiary/aromatic N) is 2. The number of para-hydroxylation sites is 1. The van der Waals surface area contributed by atoms with E-state index in [1.807, 2.05) is 0 Å². The summed E-state index contributed by atoms with van der Waals surface area (Å²) in [6, 6.07) is 6.14. The van der Waals surface area contributed by atoms with Crippen LogP contribution in [-0.2, 0) is 16.1 Å². The normalized spacial score (nSPS) is 10.8. The molecule has 0 radical (unpaired) electrons. The lowest BCUT2D eigenvalue weighted by atomic mass is 10.1. The summed E-state index contributed by atoms with van der Waals surface area (Å²) in [7, 11) is 0. The second-order valence-corrected chi connectivity index (χ2v) is 4.56. The maximum atomic E-state index is 11.7. The Bertz CT molecular complexity index is 714. The minimum Gasteiger partial charge on any atom is -0.457 e. The molecule has 7 heteroatoms. The zero-order valence-electron chi connectivity index (χ0n) is 12.1. The smallest absolute Gasteiger partial charge is 0.331 e. The largest absolute Gasteiger partial charge is 0.457 e. The van der Waals surface area contributed by atoms with E-state index in [1.165, 1.54) is 12.1 Å². The van der Waals surface area contributed by atoms with Crippen LogP contribution in [0.2, 0.25) is 0 Å². The highest BCUT2D eigenvalue weighted by molar-refractivity contribution is 5.87. The SMILES string of the molecule is Cc1noc(C)c1COC(=O)C=Cc1ccccc1[N+](=O)[O-]. The Kier molecular flexibility index (Phi) is 4.67. The fraction of sp³-hybridized carbons (Fsp3) is 0.200. The number of aromatic nitrogens is 1. The van der Waals surface area contributed by atoms with E-state index >= 15 is 0 Å². The van der Waals surface area contributed by atoms with Crippen LogP contribution in [0.5, 0.6) is 0 Å². The lowest BCUT2D eigenvalue weighted by molar-refractivity contribution is -0.385. The van der Waals surface area contributed by atoms with Crippen molar-refractivity contribution < 1.29 is 19.0 Å². The summed E-state index contributed by atoms with van der Waals surface area (Å²) >= 11 is 0. The van der Waals surface area contributed by atoms with Gasteiger partial charge in [0.1, 0.15) is 12.4 Å². The molecular formula is C15H14N2O5. The van der Waals surface area contributed by atoms with Crippen LogP contribution in [0.1, 0.15) is 22.6 Å². The first-order valence-corrected chi connectivity index (χ1v) is 6.49. The summed E-state index contributed by atoms with van der Waals surface area (Å²) in [5, 5.41) is 14.6. The van der Waals surface area contributed by atoms with Gasteiger partial charge in [-0.3, -0.25) is 10.1 Å². The molecule has 2 aromatic rings. The number of hydrogen-bond donors (Lipinski definition) is 0. The third kappa shape index (κ3) is 3.57. The highest BCUT2D eigenvalue weighted by atomic mass is 16.6. The first-order chi connectivity index (χ1) is 10.5. The van der Waals surface area contributed by atoms with Gasteiger partial charge in [0.05, 0.1) is 21.7 Å². The van der Waals surface area contributed by atoms with Gasteiger partial charge in [0.15, 0.2) is 0 Å². The van der Waals surface area contributed by atoms with E-state index in [9.17, 15) is 14.9 Å². The van der Waals surface area contributed by atoms with E-state index in [0.717, 1.165) is 6.08 Å². The van der Waals surface area contributed by atoms with E-state index in [1.54, 1.807) is 32.0 Å². The van der Waals surface area contributed by atoms with Gasteiger partial charge in [0.25, 0.3) is 5.69 Å². The quantitative estimate of drug-likeness (QED) is 0.364. The van der Waals surface area contributed by atoms with Crippen molar-refractivity contribution in [3.63, 3.8) is 0 Å². The summed E-state index contributed by atoms with van der Waals surface area (Å²) < 4.78 is 10.0. The lowest BCUT2D eigenvalue weighted by Gasteiger charge is -2.01. The van der Waals surface area contributed by atoms with Crippen molar-refractivity contribution in [3.8, 4) is 0 Å². The molecule has 1 aromatic carbocycles. The minimum absolute atomic E-state index is 0.0429. The van der Waals surface area contributed by atoms with Crippen LogP contribution in [0.25, 0.3) is 6.08 Å². The van der Waals surface area contributed by atoms with Crippen molar-refractivity contribution >= 4 is 17.7 Å². The minimum atomic E-state index is -0.599. The van der Waals surface area contributed by atoms with E-state index in [0.29, 0.717) is 22.6 Å². The fourth-order valence-corrected chi connectivity index (χ4v) is 1.85. The first kappa shape index (κ1) is 15.4. The Morgan fingerprint density at radius 2 is 2.14 bits per heavy atom. The van der Waals surface area contributed by atoms with Gasteiger partial charge in [-0.25, -0.2) is 4.79 Å². The Hall–Kier alpha value is -2.96. The molecule has 0 unspecified atom stereocenters. The van der Waals surface area contributed by atoms with Crippen molar-refractivity contribution in [2.75, 3.05) is 0 Å². The highest BCUT2D eigenvalue weighted by Gasteiger charge is 2.12.